The number of hydrogen-bond acceptors (Lipinski definition) is 4. The van der Waals surface area contributed by atoms with E-state index in [0.29, 0.717) is 13.1 Å². The third-order valence-corrected chi connectivity index (χ3v) is 3.26. The summed E-state index contributed by atoms with van der Waals surface area (Å²) < 4.78 is 0. The van der Waals surface area contributed by atoms with Gasteiger partial charge < -0.3 is 15.3 Å². The van der Waals surface area contributed by atoms with Crippen LogP contribution in [0.3, 0.4) is 0 Å². The largest absolute Gasteiger partial charge is 0.478 e. The Bertz CT molecular complexity index is 569. The van der Waals surface area contributed by atoms with Gasteiger partial charge in [0.05, 0.1) is 0 Å². The summed E-state index contributed by atoms with van der Waals surface area (Å²) in [6, 6.07) is 1.61. The molecule has 2 heterocycles. The van der Waals surface area contributed by atoms with Crippen LogP contribution in [0.2, 0.25) is 0 Å². The number of amides is 1. The summed E-state index contributed by atoms with van der Waals surface area (Å²) in [5.74, 6) is -0.236. The SMILES string of the molecule is Cc1cc(/C=C/C(=O)O)cnc1N1CCNC(=O)C1C. The number of nitrogens with zero attached hydrogens (tertiary/aromatic N) is 2. The molecule has 1 unspecified atom stereocenters. The zero-order valence-electron chi connectivity index (χ0n) is 11.5. The van der Waals surface area contributed by atoms with Crippen LogP contribution in [0.25, 0.3) is 6.08 Å². The van der Waals surface area contributed by atoms with Gasteiger partial charge in [-0.05, 0) is 37.1 Å². The topological polar surface area (TPSA) is 82.5 Å². The van der Waals surface area contributed by atoms with Crippen LogP contribution < -0.4 is 10.2 Å². The zero-order chi connectivity index (χ0) is 14.7. The van der Waals surface area contributed by atoms with E-state index in [2.05, 4.69) is 10.3 Å². The number of pyridine rings is 1. The van der Waals surface area contributed by atoms with Crippen LogP contribution in [-0.2, 0) is 9.59 Å². The molecular weight excluding hydrogens is 258 g/mol. The number of aromatic nitrogens is 1. The van der Waals surface area contributed by atoms with Crippen molar-refractivity contribution in [3.63, 3.8) is 0 Å². The first-order valence-corrected chi connectivity index (χ1v) is 6.41. The van der Waals surface area contributed by atoms with E-state index in [9.17, 15) is 9.59 Å². The number of aryl methyl sites for hydroxylation is 1. The summed E-state index contributed by atoms with van der Waals surface area (Å²) in [6.45, 7) is 5.06. The maximum absolute atomic E-state index is 11.7. The molecule has 0 spiro atoms. The van der Waals surface area contributed by atoms with Gasteiger partial charge >= 0.3 is 5.97 Å². The fourth-order valence-electron chi connectivity index (χ4n) is 2.22. The van der Waals surface area contributed by atoms with Crippen molar-refractivity contribution < 1.29 is 14.7 Å². The van der Waals surface area contributed by atoms with Crippen molar-refractivity contribution in [3.8, 4) is 0 Å². The zero-order valence-corrected chi connectivity index (χ0v) is 11.5. The molecule has 0 saturated carbocycles. The van der Waals surface area contributed by atoms with Gasteiger partial charge in [0, 0.05) is 25.4 Å². The highest BCUT2D eigenvalue weighted by atomic mass is 16.4. The molecule has 1 fully saturated rings. The van der Waals surface area contributed by atoms with Crippen LogP contribution in [0.5, 0.6) is 0 Å². The number of carbonyl (C=O) groups is 2. The Hall–Kier alpha value is -2.37. The average molecular weight is 275 g/mol. The number of carboxylic acid groups (broad SMARTS) is 1. The van der Waals surface area contributed by atoms with Gasteiger partial charge in [-0.3, -0.25) is 4.79 Å². The third kappa shape index (κ3) is 2.96. The van der Waals surface area contributed by atoms with Gasteiger partial charge in [0.25, 0.3) is 0 Å². The Morgan fingerprint density at radius 2 is 2.35 bits per heavy atom. The van der Waals surface area contributed by atoms with Gasteiger partial charge in [-0.2, -0.15) is 0 Å². The second-order valence-corrected chi connectivity index (χ2v) is 4.74. The number of anilines is 1. The molecule has 2 rings (SSSR count). The summed E-state index contributed by atoms with van der Waals surface area (Å²) in [5.41, 5.74) is 1.64. The smallest absolute Gasteiger partial charge is 0.328 e. The number of rotatable bonds is 3. The molecular formula is C14H17N3O3. The molecule has 0 bridgehead atoms. The van der Waals surface area contributed by atoms with Gasteiger partial charge in [0.1, 0.15) is 11.9 Å². The fourth-order valence-corrected chi connectivity index (χ4v) is 2.22. The normalized spacial score (nSPS) is 19.2. The van der Waals surface area contributed by atoms with Crippen LogP contribution in [-0.4, -0.2) is 41.1 Å². The van der Waals surface area contributed by atoms with E-state index >= 15 is 0 Å². The van der Waals surface area contributed by atoms with E-state index in [0.717, 1.165) is 23.0 Å². The van der Waals surface area contributed by atoms with Crippen molar-refractivity contribution in [2.75, 3.05) is 18.0 Å². The van der Waals surface area contributed by atoms with Gasteiger partial charge in [-0.25, -0.2) is 9.78 Å². The molecule has 0 aromatic carbocycles. The summed E-state index contributed by atoms with van der Waals surface area (Å²) in [7, 11) is 0. The summed E-state index contributed by atoms with van der Waals surface area (Å²) >= 11 is 0. The second-order valence-electron chi connectivity index (χ2n) is 4.74. The highest BCUT2D eigenvalue weighted by Crippen LogP contribution is 2.21. The molecule has 2 N–H and O–H groups in total. The molecule has 20 heavy (non-hydrogen) atoms. The van der Waals surface area contributed by atoms with Crippen molar-refractivity contribution in [2.24, 2.45) is 0 Å². The Morgan fingerprint density at radius 1 is 1.60 bits per heavy atom. The van der Waals surface area contributed by atoms with E-state index in [1.807, 2.05) is 24.8 Å². The lowest BCUT2D eigenvalue weighted by atomic mass is 10.1. The van der Waals surface area contributed by atoms with E-state index in [-0.39, 0.29) is 11.9 Å². The van der Waals surface area contributed by atoms with E-state index in [1.54, 1.807) is 6.20 Å². The summed E-state index contributed by atoms with van der Waals surface area (Å²) in [5, 5.41) is 11.4. The lowest BCUT2D eigenvalue weighted by Gasteiger charge is -2.34. The lowest BCUT2D eigenvalue weighted by molar-refractivity contribution is -0.131. The number of nitrogens with one attached hydrogen (secondary N) is 1. The average Bonchev–Trinajstić information content (AvgIpc) is 2.40. The minimum Gasteiger partial charge on any atom is -0.478 e. The molecule has 1 atom stereocenters. The molecule has 106 valence electrons. The van der Waals surface area contributed by atoms with E-state index in [1.165, 1.54) is 6.08 Å². The Kier molecular flexibility index (Phi) is 4.02. The van der Waals surface area contributed by atoms with E-state index in [4.69, 9.17) is 5.11 Å². The van der Waals surface area contributed by atoms with Crippen LogP contribution in [0.4, 0.5) is 5.82 Å². The first-order valence-electron chi connectivity index (χ1n) is 6.41. The minimum absolute atomic E-state index is 0.00713. The predicted octanol–water partition coefficient (Wildman–Crippen LogP) is 0.813. The van der Waals surface area contributed by atoms with Crippen LogP contribution in [0.15, 0.2) is 18.3 Å². The molecule has 6 heteroatoms. The first kappa shape index (κ1) is 14.0. The molecule has 0 aliphatic carbocycles. The van der Waals surface area contributed by atoms with Crippen LogP contribution >= 0.6 is 0 Å². The molecule has 1 aliphatic heterocycles. The van der Waals surface area contributed by atoms with Gasteiger partial charge in [0.2, 0.25) is 5.91 Å². The van der Waals surface area contributed by atoms with Crippen molar-refractivity contribution in [1.82, 2.24) is 10.3 Å². The number of hydrogen-bond donors (Lipinski definition) is 2. The molecule has 1 aromatic rings. The molecule has 0 radical (unpaired) electrons. The molecule has 1 aromatic heterocycles. The highest BCUT2D eigenvalue weighted by molar-refractivity contribution is 5.86. The summed E-state index contributed by atoms with van der Waals surface area (Å²) in [4.78, 5) is 28.5. The van der Waals surface area contributed by atoms with Crippen molar-refractivity contribution in [1.29, 1.82) is 0 Å². The van der Waals surface area contributed by atoms with Crippen LogP contribution in [0, 0.1) is 6.92 Å². The van der Waals surface area contributed by atoms with Crippen molar-refractivity contribution >= 4 is 23.8 Å². The second kappa shape index (κ2) is 5.73. The maximum Gasteiger partial charge on any atom is 0.328 e. The number of piperazine rings is 1. The van der Waals surface area contributed by atoms with Crippen LogP contribution in [0.1, 0.15) is 18.1 Å². The minimum atomic E-state index is -0.993. The van der Waals surface area contributed by atoms with Gasteiger partial charge in [-0.15, -0.1) is 0 Å². The summed E-state index contributed by atoms with van der Waals surface area (Å²) in [6.07, 6.45) is 4.19. The third-order valence-electron chi connectivity index (χ3n) is 3.26. The number of aliphatic carboxylic acids is 1. The van der Waals surface area contributed by atoms with Gasteiger partial charge in [-0.1, -0.05) is 0 Å². The Morgan fingerprint density at radius 3 is 3.00 bits per heavy atom. The van der Waals surface area contributed by atoms with E-state index < -0.39 is 5.97 Å². The lowest BCUT2D eigenvalue weighted by Crippen LogP contribution is -2.54. The molecule has 1 aliphatic rings. The Balaban J connectivity index is 2.25. The molecule has 1 amide bonds. The molecule has 6 nitrogen and oxygen atoms in total. The maximum atomic E-state index is 11.7. The first-order chi connectivity index (χ1) is 9.49. The quantitative estimate of drug-likeness (QED) is 0.798. The predicted molar refractivity (Wildman–Crippen MR) is 75.5 cm³/mol. The monoisotopic (exact) mass is 275 g/mol. The van der Waals surface area contributed by atoms with Crippen molar-refractivity contribution in [2.45, 2.75) is 19.9 Å². The molecule has 1 saturated heterocycles. The Labute approximate surface area is 117 Å². The van der Waals surface area contributed by atoms with Gasteiger partial charge in [0.15, 0.2) is 0 Å². The standard InChI is InChI=1S/C14H17N3O3/c1-9-7-11(3-4-12(18)19)8-16-13(9)17-6-5-15-14(20)10(17)2/h3-4,7-8,10H,5-6H2,1-2H3,(H,15,20)(H,18,19)/b4-3+. The highest BCUT2D eigenvalue weighted by Gasteiger charge is 2.27. The number of carbonyl (C=O) groups excluding carboxylic acids is 1. The number of carboxylic acids is 1. The van der Waals surface area contributed by atoms with Crippen molar-refractivity contribution in [3.05, 3.63) is 29.5 Å². The fraction of sp³-hybridized carbons (Fsp3) is 0.357.